The molecule has 6 heteroatoms. The lowest BCUT2D eigenvalue weighted by molar-refractivity contribution is 0.0925. The lowest BCUT2D eigenvalue weighted by Crippen LogP contribution is -2.29. The molecule has 94 valence electrons. The van der Waals surface area contributed by atoms with Gasteiger partial charge < -0.3 is 0 Å². The first-order valence-corrected chi connectivity index (χ1v) is 6.14. The van der Waals surface area contributed by atoms with Gasteiger partial charge in [-0.25, -0.2) is 4.90 Å². The average Bonchev–Trinajstić information content (AvgIpc) is 2.66. The van der Waals surface area contributed by atoms with E-state index in [1.807, 2.05) is 0 Å². The van der Waals surface area contributed by atoms with E-state index in [1.54, 1.807) is 18.2 Å². The van der Waals surface area contributed by atoms with Gasteiger partial charge in [0.1, 0.15) is 5.69 Å². The maximum absolute atomic E-state index is 12.2. The molecule has 4 nitrogen and oxygen atoms in total. The van der Waals surface area contributed by atoms with E-state index in [0.717, 1.165) is 4.90 Å². The fourth-order valence-corrected chi connectivity index (χ4v) is 2.22. The van der Waals surface area contributed by atoms with Crippen molar-refractivity contribution in [2.75, 3.05) is 4.90 Å². The van der Waals surface area contributed by atoms with Gasteiger partial charge in [0, 0.05) is 6.20 Å². The van der Waals surface area contributed by atoms with E-state index in [2.05, 4.69) is 4.98 Å². The van der Waals surface area contributed by atoms with Gasteiger partial charge in [0.2, 0.25) is 0 Å². The van der Waals surface area contributed by atoms with Crippen molar-refractivity contribution in [3.63, 3.8) is 0 Å². The zero-order valence-electron chi connectivity index (χ0n) is 9.43. The van der Waals surface area contributed by atoms with Crippen LogP contribution >= 0.6 is 23.2 Å². The van der Waals surface area contributed by atoms with Crippen LogP contribution in [0, 0.1) is 0 Å². The van der Waals surface area contributed by atoms with Crippen molar-refractivity contribution in [2.45, 2.75) is 0 Å². The highest BCUT2D eigenvalue weighted by Crippen LogP contribution is 2.31. The first kappa shape index (κ1) is 12.1. The van der Waals surface area contributed by atoms with Gasteiger partial charge in [0.05, 0.1) is 21.3 Å². The van der Waals surface area contributed by atoms with E-state index < -0.39 is 11.8 Å². The van der Waals surface area contributed by atoms with Crippen LogP contribution < -0.4 is 4.90 Å². The summed E-state index contributed by atoms with van der Waals surface area (Å²) < 4.78 is 0. The largest absolute Gasteiger partial charge is 0.284 e. The predicted octanol–water partition coefficient (Wildman–Crippen LogP) is 3.19. The number of amides is 2. The number of benzene rings is 1. The molecular formula is C13H6Cl2N2O2. The Hall–Kier alpha value is -1.91. The minimum absolute atomic E-state index is 0.151. The third-order valence-corrected chi connectivity index (χ3v) is 3.55. The van der Waals surface area contributed by atoms with Gasteiger partial charge in [0.15, 0.2) is 0 Å². The Balaban J connectivity index is 2.11. The number of halogens is 2. The van der Waals surface area contributed by atoms with E-state index in [4.69, 9.17) is 23.2 Å². The van der Waals surface area contributed by atoms with Crippen LogP contribution in [-0.4, -0.2) is 16.8 Å². The molecule has 3 rings (SSSR count). The molecule has 0 bridgehead atoms. The van der Waals surface area contributed by atoms with E-state index >= 15 is 0 Å². The molecule has 2 heterocycles. The molecule has 0 unspecified atom stereocenters. The number of hydrogen-bond donors (Lipinski definition) is 0. The zero-order valence-corrected chi connectivity index (χ0v) is 10.9. The highest BCUT2D eigenvalue weighted by atomic mass is 35.5. The molecule has 0 saturated carbocycles. The Kier molecular flexibility index (Phi) is 2.77. The summed E-state index contributed by atoms with van der Waals surface area (Å²) in [6.07, 6.45) is 1.47. The summed E-state index contributed by atoms with van der Waals surface area (Å²) >= 11 is 11.7. The van der Waals surface area contributed by atoms with Gasteiger partial charge in [-0.3, -0.25) is 14.6 Å². The number of nitrogens with zero attached hydrogens (tertiary/aromatic N) is 2. The number of fused-ring (bicyclic) bond motifs is 1. The second-order valence-corrected chi connectivity index (χ2v) is 4.76. The van der Waals surface area contributed by atoms with Gasteiger partial charge in [-0.1, -0.05) is 23.2 Å². The average molecular weight is 293 g/mol. The molecule has 1 aromatic heterocycles. The number of aromatic nitrogens is 1. The normalized spacial score (nSPS) is 13.9. The SMILES string of the molecule is O=C1c2cccnc2C(=O)N1c1ccc(Cl)c(Cl)c1. The van der Waals surface area contributed by atoms with E-state index in [0.29, 0.717) is 16.3 Å². The van der Waals surface area contributed by atoms with Gasteiger partial charge in [-0.15, -0.1) is 0 Å². The Morgan fingerprint density at radius 1 is 1.00 bits per heavy atom. The summed E-state index contributed by atoms with van der Waals surface area (Å²) in [6.45, 7) is 0. The van der Waals surface area contributed by atoms with Crippen LogP contribution in [-0.2, 0) is 0 Å². The third kappa shape index (κ3) is 1.80. The molecule has 0 fully saturated rings. The van der Waals surface area contributed by atoms with Gasteiger partial charge in [0.25, 0.3) is 11.8 Å². The van der Waals surface area contributed by atoms with Crippen molar-refractivity contribution >= 4 is 40.7 Å². The molecular weight excluding hydrogens is 287 g/mol. The van der Waals surface area contributed by atoms with Crippen molar-refractivity contribution in [1.29, 1.82) is 0 Å². The van der Waals surface area contributed by atoms with Gasteiger partial charge in [-0.2, -0.15) is 0 Å². The van der Waals surface area contributed by atoms with Crippen LogP contribution in [0.15, 0.2) is 36.5 Å². The summed E-state index contributed by atoms with van der Waals surface area (Å²) in [5, 5.41) is 0.642. The molecule has 1 aromatic carbocycles. The fraction of sp³-hybridized carbons (Fsp3) is 0. The summed E-state index contributed by atoms with van der Waals surface area (Å²) in [5.74, 6) is -0.870. The smallest absolute Gasteiger partial charge is 0.268 e. The minimum atomic E-state index is -0.459. The highest BCUT2D eigenvalue weighted by molar-refractivity contribution is 6.42. The van der Waals surface area contributed by atoms with Crippen molar-refractivity contribution in [3.05, 3.63) is 57.8 Å². The second-order valence-electron chi connectivity index (χ2n) is 3.94. The quantitative estimate of drug-likeness (QED) is 0.759. The third-order valence-electron chi connectivity index (χ3n) is 2.81. The molecule has 1 aliphatic heterocycles. The summed E-state index contributed by atoms with van der Waals surface area (Å²) in [7, 11) is 0. The fourth-order valence-electron chi connectivity index (χ4n) is 1.93. The van der Waals surface area contributed by atoms with Crippen molar-refractivity contribution in [3.8, 4) is 0 Å². The molecule has 2 amide bonds. The summed E-state index contributed by atoms with van der Waals surface area (Å²) in [4.78, 5) is 29.3. The van der Waals surface area contributed by atoms with Crippen LogP contribution in [0.4, 0.5) is 5.69 Å². The van der Waals surface area contributed by atoms with Gasteiger partial charge in [-0.05, 0) is 30.3 Å². The number of rotatable bonds is 1. The standard InChI is InChI=1S/C13H6Cl2N2O2/c14-9-4-3-7(6-10(9)15)17-12(18)8-2-1-5-16-11(8)13(17)19/h1-6H. The Morgan fingerprint density at radius 3 is 2.47 bits per heavy atom. The molecule has 0 aliphatic carbocycles. The van der Waals surface area contributed by atoms with E-state index in [9.17, 15) is 9.59 Å². The van der Waals surface area contributed by atoms with Crippen molar-refractivity contribution < 1.29 is 9.59 Å². The molecule has 0 N–H and O–H groups in total. The van der Waals surface area contributed by atoms with E-state index in [1.165, 1.54) is 18.3 Å². The predicted molar refractivity (Wildman–Crippen MR) is 71.8 cm³/mol. The molecule has 2 aromatic rings. The number of imide groups is 1. The molecule has 1 aliphatic rings. The molecule has 0 saturated heterocycles. The van der Waals surface area contributed by atoms with Crippen molar-refractivity contribution in [1.82, 2.24) is 4.98 Å². The van der Waals surface area contributed by atoms with Crippen LogP contribution in [0.2, 0.25) is 10.0 Å². The number of carbonyl (C=O) groups is 2. The summed E-state index contributed by atoms with van der Waals surface area (Å²) in [6, 6.07) is 7.76. The minimum Gasteiger partial charge on any atom is -0.268 e. The molecule has 0 spiro atoms. The lowest BCUT2D eigenvalue weighted by atomic mass is 10.2. The van der Waals surface area contributed by atoms with Crippen LogP contribution in [0.5, 0.6) is 0 Å². The molecule has 0 radical (unpaired) electrons. The summed E-state index contributed by atoms with van der Waals surface area (Å²) in [5.41, 5.74) is 0.819. The molecule has 0 atom stereocenters. The van der Waals surface area contributed by atoms with Crippen LogP contribution in [0.1, 0.15) is 20.8 Å². The van der Waals surface area contributed by atoms with Crippen molar-refractivity contribution in [2.24, 2.45) is 0 Å². The molecule has 19 heavy (non-hydrogen) atoms. The number of pyridine rings is 1. The second kappa shape index (κ2) is 4.33. The van der Waals surface area contributed by atoms with Gasteiger partial charge >= 0.3 is 0 Å². The highest BCUT2D eigenvalue weighted by Gasteiger charge is 2.37. The number of anilines is 1. The number of carbonyl (C=O) groups excluding carboxylic acids is 2. The lowest BCUT2D eigenvalue weighted by Gasteiger charge is -2.14. The maximum Gasteiger partial charge on any atom is 0.284 e. The topological polar surface area (TPSA) is 50.3 Å². The maximum atomic E-state index is 12.2. The van der Waals surface area contributed by atoms with Crippen LogP contribution in [0.3, 0.4) is 0 Å². The Bertz CT molecular complexity index is 681. The first-order valence-electron chi connectivity index (χ1n) is 5.38. The zero-order chi connectivity index (χ0) is 13.6. The monoisotopic (exact) mass is 292 g/mol. The number of hydrogen-bond acceptors (Lipinski definition) is 3. The first-order chi connectivity index (χ1) is 9.09. The van der Waals surface area contributed by atoms with Crippen LogP contribution in [0.25, 0.3) is 0 Å². The Labute approximate surface area is 118 Å². The van der Waals surface area contributed by atoms with E-state index in [-0.39, 0.29) is 10.7 Å². The Morgan fingerprint density at radius 2 is 1.79 bits per heavy atom.